The molecule has 7 heteroatoms. The average molecular weight is 386 g/mol. The van der Waals surface area contributed by atoms with Crippen molar-refractivity contribution in [3.05, 3.63) is 22.0 Å². The summed E-state index contributed by atoms with van der Waals surface area (Å²) in [4.78, 5) is 12.5. The largest absolute Gasteiger partial charge is 0.300 e. The van der Waals surface area contributed by atoms with Crippen LogP contribution in [0.4, 0.5) is 5.13 Å². The summed E-state index contributed by atoms with van der Waals surface area (Å²) in [5, 5.41) is 18.0. The molecule has 1 N–H and O–H groups in total. The molecule has 4 saturated carbocycles. The third-order valence-corrected chi connectivity index (χ3v) is 8.24. The van der Waals surface area contributed by atoms with Gasteiger partial charge < -0.3 is 5.32 Å². The van der Waals surface area contributed by atoms with E-state index in [0.717, 1.165) is 39.7 Å². The average Bonchev–Trinajstić information content (AvgIpc) is 3.15. The fourth-order valence-electron chi connectivity index (χ4n) is 6.26. The highest BCUT2D eigenvalue weighted by atomic mass is 32.1. The minimum atomic E-state index is -0.0394. The second kappa shape index (κ2) is 6.12. The van der Waals surface area contributed by atoms with Gasteiger partial charge in [-0.1, -0.05) is 11.3 Å². The third kappa shape index (κ3) is 2.91. The number of aromatic nitrogens is 4. The van der Waals surface area contributed by atoms with Gasteiger partial charge in [0.05, 0.1) is 12.1 Å². The van der Waals surface area contributed by atoms with Crippen LogP contribution in [-0.2, 0) is 23.7 Å². The second-order valence-corrected chi connectivity index (χ2v) is 10.1. The zero-order valence-electron chi connectivity index (χ0n) is 16.3. The maximum atomic E-state index is 12.5. The van der Waals surface area contributed by atoms with E-state index >= 15 is 0 Å². The molecule has 27 heavy (non-hydrogen) atoms. The van der Waals surface area contributed by atoms with Crippen LogP contribution in [0.15, 0.2) is 0 Å². The summed E-state index contributed by atoms with van der Waals surface area (Å²) in [6.07, 6.45) is 8.42. The Morgan fingerprint density at radius 2 is 1.78 bits per heavy atom. The molecule has 0 saturated heterocycles. The van der Waals surface area contributed by atoms with Crippen molar-refractivity contribution < 1.29 is 4.79 Å². The number of carbonyl (C=O) groups is 1. The van der Waals surface area contributed by atoms with Gasteiger partial charge in [0.15, 0.2) is 0 Å². The van der Waals surface area contributed by atoms with Crippen LogP contribution in [-0.4, -0.2) is 25.9 Å². The number of rotatable bonds is 4. The molecule has 2 aromatic heterocycles. The number of aryl methyl sites for hydroxylation is 2. The van der Waals surface area contributed by atoms with Gasteiger partial charge >= 0.3 is 0 Å². The number of anilines is 1. The summed E-state index contributed by atoms with van der Waals surface area (Å²) in [7, 11) is 1.91. The van der Waals surface area contributed by atoms with Gasteiger partial charge in [0.1, 0.15) is 5.01 Å². The number of amides is 1. The van der Waals surface area contributed by atoms with Crippen LogP contribution >= 0.6 is 11.3 Å². The van der Waals surface area contributed by atoms with Crippen molar-refractivity contribution in [2.24, 2.45) is 24.8 Å². The fourth-order valence-corrected chi connectivity index (χ4v) is 7.24. The summed E-state index contributed by atoms with van der Waals surface area (Å²) in [5.41, 5.74) is 3.19. The predicted molar refractivity (Wildman–Crippen MR) is 105 cm³/mol. The maximum Gasteiger partial charge on any atom is 0.230 e. The van der Waals surface area contributed by atoms with E-state index < -0.39 is 0 Å². The SMILES string of the molecule is Cc1nn(C)c(C)c1CC(=O)Nc1nnc(C23CC4CC(CC(C4)C2)C3)s1. The molecule has 0 unspecified atom stereocenters. The van der Waals surface area contributed by atoms with Gasteiger partial charge in [-0.2, -0.15) is 5.10 Å². The Bertz CT molecular complexity index is 863. The van der Waals surface area contributed by atoms with E-state index in [1.165, 1.54) is 38.5 Å². The standard InChI is InChI=1S/C20H27N5OS/c1-11-16(12(2)25(3)24-11)7-17(26)21-19-23-22-18(27-19)20-8-13-4-14(9-20)6-15(5-13)10-20/h13-15H,4-10H2,1-3H3,(H,21,23,26). The van der Waals surface area contributed by atoms with Crippen LogP contribution in [0.5, 0.6) is 0 Å². The Morgan fingerprint density at radius 3 is 2.33 bits per heavy atom. The first-order valence-electron chi connectivity index (χ1n) is 10.0. The smallest absolute Gasteiger partial charge is 0.230 e. The Morgan fingerprint density at radius 1 is 1.15 bits per heavy atom. The topological polar surface area (TPSA) is 72.7 Å². The van der Waals surface area contributed by atoms with Crippen molar-refractivity contribution in [2.45, 2.75) is 64.2 Å². The summed E-state index contributed by atoms with van der Waals surface area (Å²) in [6.45, 7) is 3.95. The van der Waals surface area contributed by atoms with Crippen molar-refractivity contribution in [2.75, 3.05) is 5.32 Å². The van der Waals surface area contributed by atoms with Gasteiger partial charge in [-0.3, -0.25) is 9.48 Å². The van der Waals surface area contributed by atoms with Crippen LogP contribution in [0.3, 0.4) is 0 Å². The fraction of sp³-hybridized carbons (Fsp3) is 0.700. The van der Waals surface area contributed by atoms with Crippen molar-refractivity contribution in [3.8, 4) is 0 Å². The minimum absolute atomic E-state index is 0.0394. The Balaban J connectivity index is 1.31. The van der Waals surface area contributed by atoms with E-state index in [1.807, 2.05) is 25.6 Å². The van der Waals surface area contributed by atoms with E-state index in [-0.39, 0.29) is 11.3 Å². The molecule has 2 heterocycles. The predicted octanol–water partition coefficient (Wildman–Crippen LogP) is 3.54. The molecule has 4 fully saturated rings. The molecular formula is C20H27N5OS. The van der Waals surface area contributed by atoms with Crippen molar-refractivity contribution in [1.29, 1.82) is 0 Å². The van der Waals surface area contributed by atoms with Gasteiger partial charge in [-0.25, -0.2) is 0 Å². The first kappa shape index (κ1) is 17.3. The lowest BCUT2D eigenvalue weighted by Crippen LogP contribution is -2.48. The normalized spacial score (nSPS) is 31.4. The highest BCUT2D eigenvalue weighted by Crippen LogP contribution is 2.61. The van der Waals surface area contributed by atoms with Gasteiger partial charge in [-0.05, 0) is 70.1 Å². The van der Waals surface area contributed by atoms with Crippen LogP contribution in [0.2, 0.25) is 0 Å². The van der Waals surface area contributed by atoms with E-state index in [2.05, 4.69) is 20.6 Å². The molecule has 2 aromatic rings. The molecule has 4 aliphatic rings. The molecule has 6 rings (SSSR count). The number of nitrogens with one attached hydrogen (secondary N) is 1. The minimum Gasteiger partial charge on any atom is -0.300 e. The van der Waals surface area contributed by atoms with Crippen molar-refractivity contribution in [3.63, 3.8) is 0 Å². The van der Waals surface area contributed by atoms with Gasteiger partial charge in [-0.15, -0.1) is 10.2 Å². The van der Waals surface area contributed by atoms with E-state index in [0.29, 0.717) is 11.6 Å². The lowest BCUT2D eigenvalue weighted by Gasteiger charge is -2.55. The molecule has 0 radical (unpaired) electrons. The second-order valence-electron chi connectivity index (χ2n) is 9.11. The molecule has 0 aromatic carbocycles. The first-order valence-corrected chi connectivity index (χ1v) is 10.9. The molecule has 4 bridgehead atoms. The highest BCUT2D eigenvalue weighted by molar-refractivity contribution is 7.15. The zero-order valence-corrected chi connectivity index (χ0v) is 17.1. The summed E-state index contributed by atoms with van der Waals surface area (Å²) in [5.74, 6) is 2.61. The van der Waals surface area contributed by atoms with E-state index in [4.69, 9.17) is 0 Å². The molecule has 4 aliphatic carbocycles. The quantitative estimate of drug-likeness (QED) is 0.874. The molecule has 1 amide bonds. The first-order chi connectivity index (χ1) is 12.9. The summed E-state index contributed by atoms with van der Waals surface area (Å²) in [6, 6.07) is 0. The Labute approximate surface area is 163 Å². The summed E-state index contributed by atoms with van der Waals surface area (Å²) >= 11 is 1.60. The highest BCUT2D eigenvalue weighted by Gasteiger charge is 2.53. The van der Waals surface area contributed by atoms with E-state index in [1.54, 1.807) is 11.3 Å². The monoisotopic (exact) mass is 385 g/mol. The molecule has 6 nitrogen and oxygen atoms in total. The van der Waals surface area contributed by atoms with Gasteiger partial charge in [0, 0.05) is 23.7 Å². The Hall–Kier alpha value is -1.76. The van der Waals surface area contributed by atoms with Crippen LogP contribution in [0.25, 0.3) is 0 Å². The van der Waals surface area contributed by atoms with E-state index in [9.17, 15) is 4.79 Å². The Kier molecular flexibility index (Phi) is 3.93. The van der Waals surface area contributed by atoms with Crippen LogP contribution in [0, 0.1) is 31.6 Å². The number of hydrogen-bond acceptors (Lipinski definition) is 5. The molecular weight excluding hydrogens is 358 g/mol. The van der Waals surface area contributed by atoms with Gasteiger partial charge in [0.2, 0.25) is 11.0 Å². The zero-order chi connectivity index (χ0) is 18.8. The molecule has 0 aliphatic heterocycles. The van der Waals surface area contributed by atoms with Crippen LogP contribution in [0.1, 0.15) is 60.5 Å². The lowest BCUT2D eigenvalue weighted by molar-refractivity contribution is -0.115. The molecule has 144 valence electrons. The van der Waals surface area contributed by atoms with Crippen LogP contribution < -0.4 is 5.32 Å². The van der Waals surface area contributed by atoms with Crippen molar-refractivity contribution in [1.82, 2.24) is 20.0 Å². The third-order valence-electron chi connectivity index (χ3n) is 7.16. The number of carbonyl (C=O) groups excluding carboxylic acids is 1. The van der Waals surface area contributed by atoms with Gasteiger partial charge in [0.25, 0.3) is 0 Å². The number of hydrogen-bond donors (Lipinski definition) is 1. The maximum absolute atomic E-state index is 12.5. The van der Waals surface area contributed by atoms with Crippen molar-refractivity contribution >= 4 is 22.4 Å². The molecule has 0 spiro atoms. The lowest BCUT2D eigenvalue weighted by atomic mass is 9.50. The number of nitrogens with zero attached hydrogens (tertiary/aromatic N) is 4. The summed E-state index contributed by atoms with van der Waals surface area (Å²) < 4.78 is 1.83. The molecule has 0 atom stereocenters.